The van der Waals surface area contributed by atoms with Crippen LogP contribution in [0.1, 0.15) is 22.8 Å². The van der Waals surface area contributed by atoms with Gasteiger partial charge >= 0.3 is 6.03 Å². The fraction of sp³-hybridized carbons (Fsp3) is 0.176. The van der Waals surface area contributed by atoms with Crippen LogP contribution in [0.5, 0.6) is 0 Å². The molecule has 2 aromatic rings. The van der Waals surface area contributed by atoms with Crippen LogP contribution in [0.4, 0.5) is 15.5 Å². The van der Waals surface area contributed by atoms with Crippen molar-refractivity contribution in [1.29, 1.82) is 0 Å². The number of imide groups is 1. The molecule has 11 nitrogen and oxygen atoms in total. The number of non-ortho nitro benzene ring substituents is 1. The van der Waals surface area contributed by atoms with Crippen molar-refractivity contribution in [2.24, 2.45) is 5.73 Å². The lowest BCUT2D eigenvalue weighted by Gasteiger charge is -2.22. The van der Waals surface area contributed by atoms with E-state index in [1.165, 1.54) is 37.3 Å². The molecule has 3 rings (SSSR count). The van der Waals surface area contributed by atoms with Gasteiger partial charge in [0.05, 0.1) is 10.5 Å². The van der Waals surface area contributed by atoms with Gasteiger partial charge in [0.2, 0.25) is 5.91 Å². The number of carbonyl (C=O) groups is 4. The van der Waals surface area contributed by atoms with Crippen molar-refractivity contribution in [1.82, 2.24) is 10.2 Å². The summed E-state index contributed by atoms with van der Waals surface area (Å²) in [6, 6.07) is 5.94. The van der Waals surface area contributed by atoms with Gasteiger partial charge in [0.15, 0.2) is 0 Å². The molecule has 5 amide bonds. The number of urea groups is 1. The summed E-state index contributed by atoms with van der Waals surface area (Å²) in [5.41, 5.74) is 3.74. The number of hydrogen-bond acceptors (Lipinski definition) is 7. The Morgan fingerprint density at radius 1 is 1.34 bits per heavy atom. The Morgan fingerprint density at radius 2 is 2.07 bits per heavy atom. The molecule has 1 fully saturated rings. The lowest BCUT2D eigenvalue weighted by atomic mass is 9.91. The number of rotatable bonds is 6. The van der Waals surface area contributed by atoms with Gasteiger partial charge in [-0.05, 0) is 23.9 Å². The third kappa shape index (κ3) is 3.65. The maximum atomic E-state index is 12.9. The molecular formula is C17H15N5O6S. The van der Waals surface area contributed by atoms with Gasteiger partial charge in [0, 0.05) is 12.1 Å². The van der Waals surface area contributed by atoms with Crippen LogP contribution in [-0.2, 0) is 15.1 Å². The van der Waals surface area contributed by atoms with Crippen LogP contribution in [0, 0.1) is 10.1 Å². The van der Waals surface area contributed by atoms with Crippen LogP contribution < -0.4 is 16.4 Å². The van der Waals surface area contributed by atoms with Crippen LogP contribution in [-0.4, -0.2) is 40.1 Å². The second-order valence-corrected chi connectivity index (χ2v) is 7.25. The van der Waals surface area contributed by atoms with Gasteiger partial charge in [-0.3, -0.25) is 29.4 Å². The van der Waals surface area contributed by atoms with Gasteiger partial charge < -0.3 is 16.4 Å². The fourth-order valence-corrected chi connectivity index (χ4v) is 3.69. The lowest BCUT2D eigenvalue weighted by Crippen LogP contribution is -2.42. The standard InChI is InChI=1S/C17H15N5O6S/c1-17(9-3-2-4-10(7-9)22(27)28)15(25)21(16(26)20-17)8-12(23)19-14-11(13(18)24)5-6-29-14/h2-7H,8H2,1H3,(H2,18,24)(H,19,23)(H,20,26)/t17-/m0/s1. The second kappa shape index (κ2) is 7.31. The summed E-state index contributed by atoms with van der Waals surface area (Å²) in [6.45, 7) is 0.792. The number of amides is 5. The first-order chi connectivity index (χ1) is 13.6. The summed E-state index contributed by atoms with van der Waals surface area (Å²) >= 11 is 1.07. The van der Waals surface area contributed by atoms with E-state index in [4.69, 9.17) is 5.73 Å². The number of nitrogens with one attached hydrogen (secondary N) is 2. The van der Waals surface area contributed by atoms with Gasteiger partial charge in [-0.25, -0.2) is 4.79 Å². The van der Waals surface area contributed by atoms with Crippen molar-refractivity contribution >= 4 is 45.8 Å². The Bertz CT molecular complexity index is 1050. The maximum absolute atomic E-state index is 12.9. The lowest BCUT2D eigenvalue weighted by molar-refractivity contribution is -0.385. The molecule has 0 unspecified atom stereocenters. The molecule has 0 bridgehead atoms. The van der Waals surface area contributed by atoms with Gasteiger partial charge in [-0.1, -0.05) is 12.1 Å². The zero-order chi connectivity index (χ0) is 21.3. The molecule has 12 heteroatoms. The number of nitro benzene ring substituents is 1. The van der Waals surface area contributed by atoms with E-state index in [2.05, 4.69) is 10.6 Å². The van der Waals surface area contributed by atoms with Gasteiger partial charge in [-0.2, -0.15) is 0 Å². The average Bonchev–Trinajstić information content (AvgIpc) is 3.21. The van der Waals surface area contributed by atoms with E-state index in [0.29, 0.717) is 4.90 Å². The van der Waals surface area contributed by atoms with Crippen molar-refractivity contribution in [3.05, 3.63) is 57.0 Å². The van der Waals surface area contributed by atoms with Gasteiger partial charge in [0.25, 0.3) is 17.5 Å². The molecule has 4 N–H and O–H groups in total. The third-order valence-electron chi connectivity index (χ3n) is 4.39. The highest BCUT2D eigenvalue weighted by molar-refractivity contribution is 7.14. The molecule has 1 aliphatic rings. The summed E-state index contributed by atoms with van der Waals surface area (Å²) < 4.78 is 0. The molecule has 0 radical (unpaired) electrons. The average molecular weight is 417 g/mol. The number of anilines is 1. The second-order valence-electron chi connectivity index (χ2n) is 6.33. The highest BCUT2D eigenvalue weighted by Crippen LogP contribution is 2.31. The van der Waals surface area contributed by atoms with Crippen LogP contribution >= 0.6 is 11.3 Å². The smallest absolute Gasteiger partial charge is 0.325 e. The minimum Gasteiger partial charge on any atom is -0.366 e. The molecule has 1 aliphatic heterocycles. The van der Waals surface area contributed by atoms with Crippen molar-refractivity contribution in [3.8, 4) is 0 Å². The van der Waals surface area contributed by atoms with Crippen molar-refractivity contribution in [2.75, 3.05) is 11.9 Å². The molecule has 0 spiro atoms. The number of nitrogens with zero attached hydrogens (tertiary/aromatic N) is 2. The summed E-state index contributed by atoms with van der Waals surface area (Å²) in [6.07, 6.45) is 0. The number of hydrogen-bond donors (Lipinski definition) is 3. The summed E-state index contributed by atoms with van der Waals surface area (Å²) in [7, 11) is 0. The van der Waals surface area contributed by atoms with E-state index in [0.717, 1.165) is 11.3 Å². The molecular weight excluding hydrogens is 402 g/mol. The monoisotopic (exact) mass is 417 g/mol. The van der Waals surface area contributed by atoms with Crippen molar-refractivity contribution in [3.63, 3.8) is 0 Å². The number of benzene rings is 1. The van der Waals surface area contributed by atoms with E-state index in [9.17, 15) is 29.3 Å². The number of carbonyl (C=O) groups excluding carboxylic acids is 4. The topological polar surface area (TPSA) is 165 Å². The molecule has 0 aliphatic carbocycles. The number of thiophene rings is 1. The van der Waals surface area contributed by atoms with Crippen LogP contribution in [0.2, 0.25) is 0 Å². The van der Waals surface area contributed by atoms with Gasteiger partial charge in [0.1, 0.15) is 17.1 Å². The van der Waals surface area contributed by atoms with Crippen molar-refractivity contribution < 1.29 is 24.1 Å². The van der Waals surface area contributed by atoms with E-state index >= 15 is 0 Å². The summed E-state index contributed by atoms with van der Waals surface area (Å²) in [5.74, 6) is -2.17. The normalized spacial score (nSPS) is 18.4. The Kier molecular flexibility index (Phi) is 5.03. The fourth-order valence-electron chi connectivity index (χ4n) is 2.88. The predicted octanol–water partition coefficient (Wildman–Crippen LogP) is 1.16. The minimum atomic E-state index is -1.56. The van der Waals surface area contributed by atoms with E-state index in [-0.39, 0.29) is 21.8 Å². The Balaban J connectivity index is 1.79. The molecule has 29 heavy (non-hydrogen) atoms. The highest BCUT2D eigenvalue weighted by Gasteiger charge is 2.49. The molecule has 1 saturated heterocycles. The van der Waals surface area contributed by atoms with Crippen molar-refractivity contribution in [2.45, 2.75) is 12.5 Å². The first kappa shape index (κ1) is 19.9. The summed E-state index contributed by atoms with van der Waals surface area (Å²) in [5, 5.41) is 17.7. The van der Waals surface area contributed by atoms with Crippen LogP contribution in [0.3, 0.4) is 0 Å². The van der Waals surface area contributed by atoms with E-state index in [1.807, 2.05) is 0 Å². The highest BCUT2D eigenvalue weighted by atomic mass is 32.1. The molecule has 1 aromatic carbocycles. The maximum Gasteiger partial charge on any atom is 0.325 e. The third-order valence-corrected chi connectivity index (χ3v) is 5.22. The zero-order valence-electron chi connectivity index (χ0n) is 15.0. The SMILES string of the molecule is C[C@@]1(c2cccc([N+](=O)[O-])c2)NC(=O)N(CC(=O)Nc2sccc2C(N)=O)C1=O. The van der Waals surface area contributed by atoms with Crippen LogP contribution in [0.15, 0.2) is 35.7 Å². The van der Waals surface area contributed by atoms with E-state index < -0.39 is 40.8 Å². The van der Waals surface area contributed by atoms with E-state index in [1.54, 1.807) is 5.38 Å². The number of nitrogens with two attached hydrogens (primary N) is 1. The molecule has 150 valence electrons. The molecule has 0 saturated carbocycles. The number of nitro groups is 1. The first-order valence-electron chi connectivity index (χ1n) is 8.19. The minimum absolute atomic E-state index is 0.113. The Hall–Kier alpha value is -3.80. The molecule has 2 heterocycles. The molecule has 1 aromatic heterocycles. The Labute approximate surface area is 167 Å². The first-order valence-corrected chi connectivity index (χ1v) is 9.07. The quantitative estimate of drug-likeness (QED) is 0.362. The zero-order valence-corrected chi connectivity index (χ0v) is 15.8. The van der Waals surface area contributed by atoms with Crippen LogP contribution in [0.25, 0.3) is 0 Å². The number of primary amides is 1. The Morgan fingerprint density at radius 3 is 2.72 bits per heavy atom. The van der Waals surface area contributed by atoms with Gasteiger partial charge in [-0.15, -0.1) is 11.3 Å². The largest absolute Gasteiger partial charge is 0.366 e. The molecule has 1 atom stereocenters. The predicted molar refractivity (Wildman–Crippen MR) is 102 cm³/mol. The summed E-state index contributed by atoms with van der Waals surface area (Å²) in [4.78, 5) is 59.9.